The molecule has 1 heterocycles. The van der Waals surface area contributed by atoms with Crippen LogP contribution in [0, 0.1) is 22.7 Å². The Hall–Kier alpha value is -0.160. The second-order valence-corrected chi connectivity index (χ2v) is 4.21. The molecule has 0 aromatic carbocycles. The van der Waals surface area contributed by atoms with E-state index in [1.54, 1.807) is 0 Å². The summed E-state index contributed by atoms with van der Waals surface area (Å²) < 4.78 is 0. The molecule has 0 unspecified atom stereocenters. The molecule has 0 amide bonds. The topological polar surface area (TPSA) is 23.8 Å². The van der Waals surface area contributed by atoms with Crippen LogP contribution in [0.2, 0.25) is 0 Å². The first-order valence-electron chi connectivity index (χ1n) is 3.32. The minimum absolute atomic E-state index is 0.408. The average molecular weight is 139 g/mol. The third-order valence-electron chi connectivity index (χ3n) is 2.36. The van der Waals surface area contributed by atoms with Gasteiger partial charge in [0.25, 0.3) is 0 Å². The van der Waals surface area contributed by atoms with Gasteiger partial charge in [-0.05, 0) is 29.8 Å². The van der Waals surface area contributed by atoms with Gasteiger partial charge in [-0.25, -0.2) is 0 Å². The molecule has 1 saturated carbocycles. The first kappa shape index (κ1) is 5.61. The van der Waals surface area contributed by atoms with E-state index >= 15 is 0 Å². The smallest absolute Gasteiger partial charge is 0.0656 e. The van der Waals surface area contributed by atoms with Gasteiger partial charge in [-0.1, -0.05) is 0 Å². The highest BCUT2D eigenvalue weighted by Crippen LogP contribution is 2.55. The van der Waals surface area contributed by atoms with E-state index in [-0.39, 0.29) is 0 Å². The van der Waals surface area contributed by atoms with E-state index in [2.05, 4.69) is 6.07 Å². The molecular formula is C7H9NS. The van der Waals surface area contributed by atoms with Crippen LogP contribution >= 0.6 is 11.8 Å². The van der Waals surface area contributed by atoms with Crippen LogP contribution in [0.4, 0.5) is 0 Å². The molecule has 1 aliphatic heterocycles. The molecule has 1 aliphatic carbocycles. The van der Waals surface area contributed by atoms with Gasteiger partial charge in [-0.3, -0.25) is 0 Å². The Labute approximate surface area is 59.4 Å². The van der Waals surface area contributed by atoms with E-state index in [0.29, 0.717) is 11.3 Å². The quantitative estimate of drug-likeness (QED) is 0.509. The highest BCUT2D eigenvalue weighted by atomic mass is 32.2. The molecule has 0 bridgehead atoms. The minimum Gasteiger partial charge on any atom is -0.198 e. The van der Waals surface area contributed by atoms with Crippen molar-refractivity contribution in [1.29, 1.82) is 5.26 Å². The molecule has 2 aliphatic rings. The molecule has 0 aromatic rings. The Morgan fingerprint density at radius 1 is 1.44 bits per heavy atom. The summed E-state index contributed by atoms with van der Waals surface area (Å²) in [6.45, 7) is 0. The summed E-state index contributed by atoms with van der Waals surface area (Å²) >= 11 is 2.02. The van der Waals surface area contributed by atoms with Crippen molar-refractivity contribution < 1.29 is 0 Å². The predicted molar refractivity (Wildman–Crippen MR) is 38.1 cm³/mol. The zero-order valence-electron chi connectivity index (χ0n) is 5.26. The lowest BCUT2D eigenvalue weighted by Gasteiger charge is -2.51. The van der Waals surface area contributed by atoms with E-state index in [0.717, 1.165) is 0 Å². The van der Waals surface area contributed by atoms with Gasteiger partial charge in [0.05, 0.1) is 6.07 Å². The summed E-state index contributed by atoms with van der Waals surface area (Å²) in [4.78, 5) is 0. The Morgan fingerprint density at radius 2 is 2.11 bits per heavy atom. The minimum atomic E-state index is 0.408. The van der Waals surface area contributed by atoms with Gasteiger partial charge >= 0.3 is 0 Å². The summed E-state index contributed by atoms with van der Waals surface area (Å²) in [5.74, 6) is 3.06. The maximum Gasteiger partial charge on any atom is 0.0656 e. The maximum atomic E-state index is 8.48. The Bertz CT molecular complexity index is 158. The normalized spacial score (nSPS) is 30.6. The van der Waals surface area contributed by atoms with E-state index < -0.39 is 0 Å². The van der Waals surface area contributed by atoms with Crippen LogP contribution in [0.3, 0.4) is 0 Å². The van der Waals surface area contributed by atoms with E-state index in [4.69, 9.17) is 5.26 Å². The van der Waals surface area contributed by atoms with Gasteiger partial charge in [0.1, 0.15) is 0 Å². The number of nitriles is 1. The molecule has 2 heteroatoms. The fraction of sp³-hybridized carbons (Fsp3) is 0.857. The van der Waals surface area contributed by atoms with E-state index in [1.807, 2.05) is 11.8 Å². The largest absolute Gasteiger partial charge is 0.198 e. The van der Waals surface area contributed by atoms with Gasteiger partial charge in [0.15, 0.2) is 0 Å². The summed E-state index contributed by atoms with van der Waals surface area (Å²) in [7, 11) is 0. The van der Waals surface area contributed by atoms with Gasteiger partial charge in [0.2, 0.25) is 0 Å². The van der Waals surface area contributed by atoms with E-state index in [1.165, 1.54) is 24.3 Å². The molecule has 2 rings (SSSR count). The van der Waals surface area contributed by atoms with Crippen LogP contribution in [0.1, 0.15) is 12.8 Å². The number of thioether (sulfide) groups is 1. The van der Waals surface area contributed by atoms with Crippen LogP contribution in [-0.4, -0.2) is 11.5 Å². The summed E-state index contributed by atoms with van der Waals surface area (Å²) in [6, 6.07) is 2.32. The lowest BCUT2D eigenvalue weighted by atomic mass is 9.64. The van der Waals surface area contributed by atoms with Crippen LogP contribution in [0.15, 0.2) is 0 Å². The predicted octanol–water partition coefficient (Wildman–Crippen LogP) is 1.65. The molecule has 0 atom stereocenters. The zero-order valence-corrected chi connectivity index (χ0v) is 6.08. The third-order valence-corrected chi connectivity index (χ3v) is 3.99. The molecule has 1 nitrogen and oxygen atoms in total. The van der Waals surface area contributed by atoms with Crippen molar-refractivity contribution in [3.8, 4) is 6.07 Å². The lowest BCUT2D eigenvalue weighted by molar-refractivity contribution is 0.134. The van der Waals surface area contributed by atoms with Crippen molar-refractivity contribution >= 4 is 11.8 Å². The van der Waals surface area contributed by atoms with Gasteiger partial charge < -0.3 is 0 Å². The van der Waals surface area contributed by atoms with Crippen molar-refractivity contribution in [2.45, 2.75) is 12.8 Å². The second-order valence-electron chi connectivity index (χ2n) is 3.23. The van der Waals surface area contributed by atoms with Crippen LogP contribution in [0.5, 0.6) is 0 Å². The van der Waals surface area contributed by atoms with Crippen molar-refractivity contribution in [3.05, 3.63) is 0 Å². The summed E-state index contributed by atoms with van der Waals surface area (Å²) in [5, 5.41) is 8.48. The van der Waals surface area contributed by atoms with Crippen molar-refractivity contribution in [1.82, 2.24) is 0 Å². The molecule has 1 spiro atoms. The van der Waals surface area contributed by atoms with Crippen molar-refractivity contribution in [2.75, 3.05) is 11.5 Å². The second kappa shape index (κ2) is 1.67. The summed E-state index contributed by atoms with van der Waals surface area (Å²) in [5.41, 5.74) is 0.658. The molecule has 0 aromatic heterocycles. The average Bonchev–Trinajstić information content (AvgIpc) is 1.59. The fourth-order valence-corrected chi connectivity index (χ4v) is 2.96. The molecule has 48 valence electrons. The molecule has 0 radical (unpaired) electrons. The lowest BCUT2D eigenvalue weighted by Crippen LogP contribution is -2.46. The first-order valence-corrected chi connectivity index (χ1v) is 4.48. The van der Waals surface area contributed by atoms with E-state index in [9.17, 15) is 0 Å². The SMILES string of the molecule is N#CC1CC2(CSC2)C1. The van der Waals surface area contributed by atoms with Crippen molar-refractivity contribution in [2.24, 2.45) is 11.3 Å². The van der Waals surface area contributed by atoms with Crippen molar-refractivity contribution in [3.63, 3.8) is 0 Å². The highest BCUT2D eigenvalue weighted by Gasteiger charge is 2.48. The van der Waals surface area contributed by atoms with Gasteiger partial charge in [-0.15, -0.1) is 0 Å². The number of rotatable bonds is 0. The van der Waals surface area contributed by atoms with Gasteiger partial charge in [-0.2, -0.15) is 17.0 Å². The van der Waals surface area contributed by atoms with Crippen LogP contribution < -0.4 is 0 Å². The van der Waals surface area contributed by atoms with Gasteiger partial charge in [0, 0.05) is 5.92 Å². The number of hydrogen-bond acceptors (Lipinski definition) is 2. The van der Waals surface area contributed by atoms with Crippen LogP contribution in [-0.2, 0) is 0 Å². The molecule has 9 heavy (non-hydrogen) atoms. The molecule has 2 fully saturated rings. The molecule has 0 N–H and O–H groups in total. The maximum absolute atomic E-state index is 8.48. The summed E-state index contributed by atoms with van der Waals surface area (Å²) in [6.07, 6.45) is 2.38. The Morgan fingerprint density at radius 3 is 2.44 bits per heavy atom. The Kier molecular flexibility index (Phi) is 1.04. The standard InChI is InChI=1S/C7H9NS/c8-3-6-1-7(2-6)4-9-5-7/h6H,1-2,4-5H2. The fourth-order valence-electron chi connectivity index (χ4n) is 1.70. The third kappa shape index (κ3) is 0.679. The Balaban J connectivity index is 1.91. The zero-order chi connectivity index (χ0) is 6.32. The monoisotopic (exact) mass is 139 g/mol. The molecule has 1 saturated heterocycles. The number of hydrogen-bond donors (Lipinski definition) is 0. The highest BCUT2D eigenvalue weighted by molar-refractivity contribution is 8.00. The molecular weight excluding hydrogens is 130 g/mol. The number of nitrogens with zero attached hydrogens (tertiary/aromatic N) is 1. The van der Waals surface area contributed by atoms with Crippen LogP contribution in [0.25, 0.3) is 0 Å². The first-order chi connectivity index (χ1) is 4.35.